The number of anilines is 1. The Kier molecular flexibility index (Phi) is 3.65. The second-order valence-corrected chi connectivity index (χ2v) is 8.68. The minimum Gasteiger partial charge on any atom is -0.454 e. The van der Waals surface area contributed by atoms with Gasteiger partial charge < -0.3 is 9.47 Å². The Balaban J connectivity index is 1.57. The Morgan fingerprint density at radius 2 is 1.83 bits per heavy atom. The standard InChI is InChI=1S/C21H21N3O5/c1-21(2,3)18(25)17-16-15(12-5-4-8-22-24(12)17)19(26)23(20(16)27)11-6-7-13-14(9-11)29-10-28-13/h4-9,12,15-17H,10H2,1-3H3/t12-,15-,16-,17+/m1/s1. The van der Waals surface area contributed by atoms with Crippen molar-refractivity contribution in [2.45, 2.75) is 32.9 Å². The number of hydrogen-bond donors (Lipinski definition) is 0. The maximum absolute atomic E-state index is 13.5. The van der Waals surface area contributed by atoms with E-state index < -0.39 is 29.3 Å². The molecule has 0 bridgehead atoms. The van der Waals surface area contributed by atoms with Crippen molar-refractivity contribution in [1.82, 2.24) is 5.01 Å². The zero-order valence-corrected chi connectivity index (χ0v) is 16.4. The van der Waals surface area contributed by atoms with Crippen LogP contribution in [0.1, 0.15) is 20.8 Å². The lowest BCUT2D eigenvalue weighted by Crippen LogP contribution is -2.49. The number of benzene rings is 1. The Labute approximate surface area is 167 Å². The number of amides is 2. The number of ether oxygens (including phenoxy) is 2. The van der Waals surface area contributed by atoms with Gasteiger partial charge in [0.05, 0.1) is 23.6 Å². The molecule has 1 aromatic rings. The molecule has 0 N–H and O–H groups in total. The van der Waals surface area contributed by atoms with Crippen LogP contribution in [0.25, 0.3) is 0 Å². The zero-order chi connectivity index (χ0) is 20.5. The molecular formula is C21H21N3O5. The molecular weight excluding hydrogens is 374 g/mol. The van der Waals surface area contributed by atoms with Crippen LogP contribution in [0.3, 0.4) is 0 Å². The number of nitrogens with zero attached hydrogens (tertiary/aromatic N) is 3. The number of hydrazone groups is 1. The van der Waals surface area contributed by atoms with Crippen LogP contribution in [-0.2, 0) is 14.4 Å². The normalized spacial score (nSPS) is 29.5. The van der Waals surface area contributed by atoms with Gasteiger partial charge in [0.15, 0.2) is 17.3 Å². The predicted molar refractivity (Wildman–Crippen MR) is 104 cm³/mol. The molecule has 5 rings (SSSR count). The van der Waals surface area contributed by atoms with Gasteiger partial charge in [0.1, 0.15) is 6.04 Å². The van der Waals surface area contributed by atoms with Crippen molar-refractivity contribution in [3.8, 4) is 11.5 Å². The van der Waals surface area contributed by atoms with Crippen LogP contribution < -0.4 is 14.4 Å². The Bertz CT molecular complexity index is 993. The number of hydrogen-bond acceptors (Lipinski definition) is 7. The third kappa shape index (κ3) is 2.44. The van der Waals surface area contributed by atoms with Gasteiger partial charge in [-0.3, -0.25) is 19.4 Å². The summed E-state index contributed by atoms with van der Waals surface area (Å²) in [6, 6.07) is 3.78. The number of carbonyl (C=O) groups excluding carboxylic acids is 3. The third-order valence-corrected chi connectivity index (χ3v) is 5.91. The van der Waals surface area contributed by atoms with Crippen LogP contribution in [0.2, 0.25) is 0 Å². The Hall–Kier alpha value is -3.16. The lowest BCUT2D eigenvalue weighted by molar-refractivity contribution is -0.136. The van der Waals surface area contributed by atoms with Crippen LogP contribution in [0.15, 0.2) is 35.5 Å². The van der Waals surface area contributed by atoms with Crippen molar-refractivity contribution >= 4 is 29.5 Å². The van der Waals surface area contributed by atoms with E-state index in [0.29, 0.717) is 17.2 Å². The first-order chi connectivity index (χ1) is 13.8. The van der Waals surface area contributed by atoms with Gasteiger partial charge in [-0.2, -0.15) is 5.10 Å². The minimum atomic E-state index is -0.776. The highest BCUT2D eigenvalue weighted by Gasteiger charge is 2.64. The van der Waals surface area contributed by atoms with E-state index in [2.05, 4.69) is 5.10 Å². The van der Waals surface area contributed by atoms with Crippen LogP contribution >= 0.6 is 0 Å². The molecule has 0 radical (unpaired) electrons. The highest BCUT2D eigenvalue weighted by Crippen LogP contribution is 2.48. The molecule has 0 aromatic heterocycles. The van der Waals surface area contributed by atoms with Gasteiger partial charge in [0.2, 0.25) is 18.6 Å². The quantitative estimate of drug-likeness (QED) is 0.709. The molecule has 2 saturated heterocycles. The summed E-state index contributed by atoms with van der Waals surface area (Å²) in [4.78, 5) is 41.3. The van der Waals surface area contributed by atoms with Crippen LogP contribution in [0.4, 0.5) is 5.69 Å². The van der Waals surface area contributed by atoms with Crippen LogP contribution in [0, 0.1) is 17.3 Å². The number of Topliss-reactive ketones (excluding diaryl/α,β-unsaturated/α-hetero) is 1. The summed E-state index contributed by atoms with van der Waals surface area (Å²) in [5.74, 6) is -1.16. The van der Waals surface area contributed by atoms with Crippen molar-refractivity contribution in [2.75, 3.05) is 11.7 Å². The molecule has 0 aliphatic carbocycles. The Morgan fingerprint density at radius 1 is 1.10 bits per heavy atom. The van der Waals surface area contributed by atoms with E-state index in [9.17, 15) is 14.4 Å². The number of ketones is 1. The van der Waals surface area contributed by atoms with E-state index in [1.54, 1.807) is 35.5 Å². The minimum absolute atomic E-state index is 0.101. The molecule has 4 atom stereocenters. The van der Waals surface area contributed by atoms with Crippen molar-refractivity contribution in [3.05, 3.63) is 30.4 Å². The van der Waals surface area contributed by atoms with E-state index in [1.807, 2.05) is 26.8 Å². The second kappa shape index (κ2) is 5.92. The Morgan fingerprint density at radius 3 is 2.59 bits per heavy atom. The van der Waals surface area contributed by atoms with Gasteiger partial charge in [-0.05, 0) is 18.2 Å². The smallest absolute Gasteiger partial charge is 0.240 e. The van der Waals surface area contributed by atoms with Crippen molar-refractivity contribution in [2.24, 2.45) is 22.4 Å². The molecule has 0 unspecified atom stereocenters. The van der Waals surface area contributed by atoms with E-state index in [0.717, 1.165) is 0 Å². The average molecular weight is 395 g/mol. The van der Waals surface area contributed by atoms with E-state index >= 15 is 0 Å². The van der Waals surface area contributed by atoms with E-state index in [1.165, 1.54) is 4.90 Å². The predicted octanol–water partition coefficient (Wildman–Crippen LogP) is 1.74. The van der Waals surface area contributed by atoms with Crippen LogP contribution in [-0.4, -0.2) is 47.7 Å². The summed E-state index contributed by atoms with van der Waals surface area (Å²) in [6.45, 7) is 5.56. The van der Waals surface area contributed by atoms with Gasteiger partial charge in [-0.1, -0.05) is 26.8 Å². The number of fused-ring (bicyclic) bond motifs is 4. The molecule has 8 nitrogen and oxygen atoms in total. The zero-order valence-electron chi connectivity index (χ0n) is 16.4. The van der Waals surface area contributed by atoms with Crippen molar-refractivity contribution in [3.63, 3.8) is 0 Å². The fraction of sp³-hybridized carbons (Fsp3) is 0.429. The van der Waals surface area contributed by atoms with Crippen molar-refractivity contribution < 1.29 is 23.9 Å². The fourth-order valence-electron chi connectivity index (χ4n) is 4.56. The van der Waals surface area contributed by atoms with Crippen molar-refractivity contribution in [1.29, 1.82) is 0 Å². The first-order valence-electron chi connectivity index (χ1n) is 9.60. The second-order valence-electron chi connectivity index (χ2n) is 8.68. The highest BCUT2D eigenvalue weighted by atomic mass is 16.7. The van der Waals surface area contributed by atoms with Crippen LogP contribution in [0.5, 0.6) is 11.5 Å². The highest BCUT2D eigenvalue weighted by molar-refractivity contribution is 6.24. The van der Waals surface area contributed by atoms with Gasteiger partial charge in [0, 0.05) is 17.7 Å². The lowest BCUT2D eigenvalue weighted by Gasteiger charge is -2.33. The van der Waals surface area contributed by atoms with Gasteiger partial charge >= 0.3 is 0 Å². The first kappa shape index (κ1) is 17.9. The monoisotopic (exact) mass is 395 g/mol. The number of imide groups is 1. The summed E-state index contributed by atoms with van der Waals surface area (Å²) in [5.41, 5.74) is -0.244. The summed E-state index contributed by atoms with van der Waals surface area (Å²) in [6.07, 6.45) is 5.18. The van der Waals surface area contributed by atoms with Gasteiger partial charge in [-0.15, -0.1) is 0 Å². The number of carbonyl (C=O) groups is 3. The van der Waals surface area contributed by atoms with E-state index in [4.69, 9.17) is 9.47 Å². The molecule has 0 spiro atoms. The molecule has 4 aliphatic rings. The molecule has 4 heterocycles. The molecule has 4 aliphatic heterocycles. The summed E-state index contributed by atoms with van der Waals surface area (Å²) in [7, 11) is 0. The molecule has 29 heavy (non-hydrogen) atoms. The number of allylic oxidation sites excluding steroid dienone is 1. The maximum Gasteiger partial charge on any atom is 0.240 e. The lowest BCUT2D eigenvalue weighted by atomic mass is 9.80. The topological polar surface area (TPSA) is 88.5 Å². The number of rotatable bonds is 2. The SMILES string of the molecule is CC(C)(C)C(=O)[C@@H]1[C@@H]2C(=O)N(c3ccc4c(c3)OCO4)C(=O)[C@@H]2[C@H]2C=CC=NN21. The first-order valence-corrected chi connectivity index (χ1v) is 9.60. The summed E-state index contributed by atoms with van der Waals surface area (Å²) < 4.78 is 10.7. The van der Waals surface area contributed by atoms with Gasteiger partial charge in [-0.25, -0.2) is 4.90 Å². The largest absolute Gasteiger partial charge is 0.454 e. The molecule has 2 amide bonds. The van der Waals surface area contributed by atoms with E-state index in [-0.39, 0.29) is 24.4 Å². The maximum atomic E-state index is 13.5. The molecule has 8 heteroatoms. The third-order valence-electron chi connectivity index (χ3n) is 5.91. The average Bonchev–Trinajstić information content (AvgIpc) is 3.34. The molecule has 2 fully saturated rings. The fourth-order valence-corrected chi connectivity index (χ4v) is 4.56. The molecule has 1 aromatic carbocycles. The summed E-state index contributed by atoms with van der Waals surface area (Å²) >= 11 is 0. The summed E-state index contributed by atoms with van der Waals surface area (Å²) in [5, 5.41) is 5.98. The molecule has 0 saturated carbocycles. The van der Waals surface area contributed by atoms with Gasteiger partial charge in [0.25, 0.3) is 0 Å². The molecule has 150 valence electrons.